The first-order valence-corrected chi connectivity index (χ1v) is 6.76. The van der Waals surface area contributed by atoms with Crippen molar-refractivity contribution in [2.75, 3.05) is 0 Å². The summed E-state index contributed by atoms with van der Waals surface area (Å²) in [6.07, 6.45) is 0. The van der Waals surface area contributed by atoms with E-state index in [1.807, 2.05) is 20.8 Å². The molecule has 2 aromatic carbocycles. The minimum atomic E-state index is -0.423. The lowest BCUT2D eigenvalue weighted by atomic mass is 10.1. The van der Waals surface area contributed by atoms with E-state index in [4.69, 9.17) is 22.1 Å². The first-order valence-electron chi connectivity index (χ1n) is 6.38. The SMILES string of the molecule is Cc1cc(Cl)cc(C)c1Oc1ccc([C@@H](C)N)cc1F. The molecule has 1 atom stereocenters. The molecular weight excluding hydrogens is 277 g/mol. The Labute approximate surface area is 123 Å². The third-order valence-corrected chi connectivity index (χ3v) is 3.34. The molecule has 0 bridgehead atoms. The summed E-state index contributed by atoms with van der Waals surface area (Å²) in [6.45, 7) is 5.56. The highest BCUT2D eigenvalue weighted by Crippen LogP contribution is 2.33. The number of aryl methyl sites for hydroxylation is 2. The van der Waals surface area contributed by atoms with Gasteiger partial charge in [-0.1, -0.05) is 17.7 Å². The van der Waals surface area contributed by atoms with Crippen molar-refractivity contribution in [1.29, 1.82) is 0 Å². The van der Waals surface area contributed by atoms with Crippen LogP contribution in [0.1, 0.15) is 29.7 Å². The van der Waals surface area contributed by atoms with Crippen LogP contribution in [0, 0.1) is 19.7 Å². The quantitative estimate of drug-likeness (QED) is 0.873. The predicted octanol–water partition coefficient (Wildman–Crippen LogP) is 4.91. The molecular formula is C16H17ClFNO. The van der Waals surface area contributed by atoms with Crippen molar-refractivity contribution in [3.8, 4) is 11.5 Å². The van der Waals surface area contributed by atoms with Gasteiger partial charge in [-0.15, -0.1) is 0 Å². The van der Waals surface area contributed by atoms with E-state index in [2.05, 4.69) is 0 Å². The maximum Gasteiger partial charge on any atom is 0.166 e. The van der Waals surface area contributed by atoms with Gasteiger partial charge in [0.2, 0.25) is 0 Å². The topological polar surface area (TPSA) is 35.2 Å². The van der Waals surface area contributed by atoms with Crippen molar-refractivity contribution in [2.45, 2.75) is 26.8 Å². The first-order chi connectivity index (χ1) is 9.38. The largest absolute Gasteiger partial charge is 0.454 e. The molecule has 2 nitrogen and oxygen atoms in total. The average Bonchev–Trinajstić information content (AvgIpc) is 2.34. The van der Waals surface area contributed by atoms with E-state index in [0.717, 1.165) is 16.7 Å². The van der Waals surface area contributed by atoms with Gasteiger partial charge in [0, 0.05) is 11.1 Å². The standard InChI is InChI=1S/C16H17ClFNO/c1-9-6-13(17)7-10(2)16(9)20-15-5-4-12(11(3)19)8-14(15)18/h4-8,11H,19H2,1-3H3/t11-/m1/s1. The molecule has 0 saturated carbocycles. The molecule has 0 heterocycles. The van der Waals surface area contributed by atoms with Crippen molar-refractivity contribution in [3.05, 3.63) is 57.9 Å². The molecule has 2 N–H and O–H groups in total. The molecule has 0 saturated heterocycles. The number of nitrogens with two attached hydrogens (primary N) is 1. The van der Waals surface area contributed by atoms with Crippen LogP contribution in [0.25, 0.3) is 0 Å². The maximum atomic E-state index is 14.0. The summed E-state index contributed by atoms with van der Waals surface area (Å²) in [5.74, 6) is 0.387. The fraction of sp³-hybridized carbons (Fsp3) is 0.250. The van der Waals surface area contributed by atoms with Gasteiger partial charge in [-0.25, -0.2) is 4.39 Å². The molecule has 0 fully saturated rings. The number of hydrogen-bond donors (Lipinski definition) is 1. The molecule has 0 aliphatic heterocycles. The zero-order chi connectivity index (χ0) is 14.9. The van der Waals surface area contributed by atoms with Gasteiger partial charge in [-0.2, -0.15) is 0 Å². The lowest BCUT2D eigenvalue weighted by Gasteiger charge is -2.14. The molecule has 0 aliphatic rings. The third kappa shape index (κ3) is 3.11. The summed E-state index contributed by atoms with van der Waals surface area (Å²) in [7, 11) is 0. The monoisotopic (exact) mass is 293 g/mol. The lowest BCUT2D eigenvalue weighted by molar-refractivity contribution is 0.436. The average molecular weight is 294 g/mol. The Morgan fingerprint density at radius 1 is 1.15 bits per heavy atom. The van der Waals surface area contributed by atoms with Crippen LogP contribution in [0.3, 0.4) is 0 Å². The highest BCUT2D eigenvalue weighted by Gasteiger charge is 2.12. The zero-order valence-corrected chi connectivity index (χ0v) is 12.5. The minimum absolute atomic E-state index is 0.183. The van der Waals surface area contributed by atoms with E-state index in [0.29, 0.717) is 10.8 Å². The predicted molar refractivity (Wildman–Crippen MR) is 80.0 cm³/mol. The molecule has 2 rings (SSSR count). The van der Waals surface area contributed by atoms with Gasteiger partial charge >= 0.3 is 0 Å². The molecule has 0 aromatic heterocycles. The molecule has 0 aliphatic carbocycles. The summed E-state index contributed by atoms with van der Waals surface area (Å²) >= 11 is 5.97. The van der Waals surface area contributed by atoms with Gasteiger partial charge in [0.05, 0.1) is 0 Å². The van der Waals surface area contributed by atoms with Crippen LogP contribution >= 0.6 is 11.6 Å². The Kier molecular flexibility index (Phi) is 4.31. The van der Waals surface area contributed by atoms with Crippen LogP contribution in [0.15, 0.2) is 30.3 Å². The van der Waals surface area contributed by atoms with Crippen molar-refractivity contribution in [2.24, 2.45) is 5.73 Å². The van der Waals surface area contributed by atoms with Crippen molar-refractivity contribution >= 4 is 11.6 Å². The third-order valence-electron chi connectivity index (χ3n) is 3.12. The number of rotatable bonds is 3. The van der Waals surface area contributed by atoms with E-state index in [1.165, 1.54) is 6.07 Å². The Morgan fingerprint density at radius 3 is 2.25 bits per heavy atom. The summed E-state index contributed by atoms with van der Waals surface area (Å²) in [5, 5.41) is 0.639. The van der Waals surface area contributed by atoms with Crippen molar-refractivity contribution in [1.82, 2.24) is 0 Å². The highest BCUT2D eigenvalue weighted by molar-refractivity contribution is 6.30. The number of halogens is 2. The van der Waals surface area contributed by atoms with Gasteiger partial charge in [0.1, 0.15) is 5.75 Å². The lowest BCUT2D eigenvalue weighted by Crippen LogP contribution is -2.05. The van der Waals surface area contributed by atoms with E-state index in [1.54, 1.807) is 24.3 Å². The van der Waals surface area contributed by atoms with E-state index >= 15 is 0 Å². The molecule has 0 amide bonds. The Balaban J connectivity index is 2.36. The second kappa shape index (κ2) is 5.81. The van der Waals surface area contributed by atoms with Gasteiger partial charge in [-0.3, -0.25) is 0 Å². The van der Waals surface area contributed by atoms with E-state index in [-0.39, 0.29) is 11.8 Å². The summed E-state index contributed by atoms with van der Waals surface area (Å²) in [4.78, 5) is 0. The van der Waals surface area contributed by atoms with Gasteiger partial charge in [0.15, 0.2) is 11.6 Å². The Hall–Kier alpha value is -1.58. The first kappa shape index (κ1) is 14.8. The maximum absolute atomic E-state index is 14.0. The summed E-state index contributed by atoms with van der Waals surface area (Å²) in [5.41, 5.74) is 8.20. The van der Waals surface area contributed by atoms with Crippen LogP contribution in [0.2, 0.25) is 5.02 Å². The number of ether oxygens (including phenoxy) is 1. The van der Waals surface area contributed by atoms with Crippen LogP contribution < -0.4 is 10.5 Å². The minimum Gasteiger partial charge on any atom is -0.454 e. The molecule has 0 unspecified atom stereocenters. The molecule has 20 heavy (non-hydrogen) atoms. The van der Waals surface area contributed by atoms with Gasteiger partial charge in [-0.05, 0) is 61.7 Å². The highest BCUT2D eigenvalue weighted by atomic mass is 35.5. The second-order valence-electron chi connectivity index (χ2n) is 4.95. The fourth-order valence-corrected chi connectivity index (χ4v) is 2.38. The Bertz CT molecular complexity index is 617. The smallest absolute Gasteiger partial charge is 0.166 e. The summed E-state index contributed by atoms with van der Waals surface area (Å²) < 4.78 is 19.7. The van der Waals surface area contributed by atoms with E-state index in [9.17, 15) is 4.39 Å². The fourth-order valence-electron chi connectivity index (χ4n) is 2.05. The summed E-state index contributed by atoms with van der Waals surface area (Å²) in [6, 6.07) is 8.14. The Morgan fingerprint density at radius 2 is 1.75 bits per heavy atom. The number of benzene rings is 2. The van der Waals surface area contributed by atoms with Crippen LogP contribution in [0.4, 0.5) is 4.39 Å². The van der Waals surface area contributed by atoms with Gasteiger partial charge in [0.25, 0.3) is 0 Å². The molecule has 4 heteroatoms. The molecule has 2 aromatic rings. The van der Waals surface area contributed by atoms with Crippen LogP contribution in [0.5, 0.6) is 11.5 Å². The zero-order valence-electron chi connectivity index (χ0n) is 11.7. The molecule has 106 valence electrons. The van der Waals surface area contributed by atoms with E-state index < -0.39 is 5.82 Å². The number of hydrogen-bond acceptors (Lipinski definition) is 2. The van der Waals surface area contributed by atoms with Crippen molar-refractivity contribution in [3.63, 3.8) is 0 Å². The second-order valence-corrected chi connectivity index (χ2v) is 5.39. The molecule has 0 radical (unpaired) electrons. The van der Waals surface area contributed by atoms with Crippen molar-refractivity contribution < 1.29 is 9.13 Å². The van der Waals surface area contributed by atoms with Crippen LogP contribution in [-0.4, -0.2) is 0 Å². The van der Waals surface area contributed by atoms with Crippen LogP contribution in [-0.2, 0) is 0 Å². The molecule has 0 spiro atoms. The normalized spacial score (nSPS) is 12.3. The van der Waals surface area contributed by atoms with Gasteiger partial charge < -0.3 is 10.5 Å².